The Morgan fingerprint density at radius 1 is 1.29 bits per heavy atom. The van der Waals surface area contributed by atoms with Crippen LogP contribution in [0.4, 0.5) is 4.39 Å². The monoisotopic (exact) mass is 466 g/mol. The van der Waals surface area contributed by atoms with Gasteiger partial charge in [-0.1, -0.05) is 24.3 Å². The fourth-order valence-corrected chi connectivity index (χ4v) is 4.39. The predicted molar refractivity (Wildman–Crippen MR) is 111 cm³/mol. The lowest BCUT2D eigenvalue weighted by molar-refractivity contribution is 0.0974. The molecule has 0 bridgehead atoms. The van der Waals surface area contributed by atoms with E-state index in [9.17, 15) is 19.4 Å². The lowest BCUT2D eigenvalue weighted by Gasteiger charge is -2.37. The molecule has 0 heterocycles. The molecule has 1 fully saturated rings. The van der Waals surface area contributed by atoms with Crippen molar-refractivity contribution in [2.45, 2.75) is 24.5 Å². The first-order valence-electron chi connectivity index (χ1n) is 8.78. The molecule has 8 heteroatoms. The average Bonchev–Trinajstić information content (AvgIpc) is 3.00. The molecule has 1 amide bonds. The van der Waals surface area contributed by atoms with Crippen LogP contribution in [-0.4, -0.2) is 33.9 Å². The van der Waals surface area contributed by atoms with Gasteiger partial charge >= 0.3 is 0 Å². The maximum Gasteiger partial charge on any atom is 0.257 e. The summed E-state index contributed by atoms with van der Waals surface area (Å²) in [6.45, 7) is -0.200. The van der Waals surface area contributed by atoms with Gasteiger partial charge < -0.3 is 15.5 Å². The zero-order valence-corrected chi connectivity index (χ0v) is 17.3. The summed E-state index contributed by atoms with van der Waals surface area (Å²) in [6.07, 6.45) is -0.0492. The standard InChI is InChI=1S/C20H20BrFN2O3S/c21-16-9-13(6-7-17(16)22)20(10-15(26)8-14(20)11-25)24-19(28)23-18(27)12-4-2-1-3-5-12/h1-7,9,14-15,25-26H,8,10-11H2,(H2,23,24,27,28)/t14-,15+,20+/m0/s1. The van der Waals surface area contributed by atoms with Crippen molar-refractivity contribution in [2.75, 3.05) is 6.61 Å². The number of hydrogen-bond donors (Lipinski definition) is 4. The summed E-state index contributed by atoms with van der Waals surface area (Å²) in [5.41, 5.74) is 0.175. The number of carbonyl (C=O) groups is 1. The maximum absolute atomic E-state index is 13.7. The minimum atomic E-state index is -0.939. The molecule has 2 aromatic rings. The van der Waals surface area contributed by atoms with Gasteiger partial charge in [0.25, 0.3) is 5.91 Å². The molecule has 0 unspecified atom stereocenters. The molecule has 1 aliphatic rings. The van der Waals surface area contributed by atoms with Gasteiger partial charge in [-0.05, 0) is 64.4 Å². The summed E-state index contributed by atoms with van der Waals surface area (Å²) in [6, 6.07) is 13.1. The van der Waals surface area contributed by atoms with Crippen LogP contribution >= 0.6 is 28.1 Å². The van der Waals surface area contributed by atoms with Crippen molar-refractivity contribution >= 4 is 39.2 Å². The highest BCUT2D eigenvalue weighted by Crippen LogP contribution is 2.44. The number of amides is 1. The Morgan fingerprint density at radius 2 is 2.00 bits per heavy atom. The molecule has 0 radical (unpaired) electrons. The Morgan fingerprint density at radius 3 is 2.64 bits per heavy atom. The summed E-state index contributed by atoms with van der Waals surface area (Å²) in [5, 5.41) is 26.0. The van der Waals surface area contributed by atoms with Crippen LogP contribution in [0.25, 0.3) is 0 Å². The largest absolute Gasteiger partial charge is 0.396 e. The zero-order chi connectivity index (χ0) is 20.3. The molecule has 0 saturated heterocycles. The molecule has 28 heavy (non-hydrogen) atoms. The molecule has 5 nitrogen and oxygen atoms in total. The van der Waals surface area contributed by atoms with Crippen LogP contribution in [0.1, 0.15) is 28.8 Å². The van der Waals surface area contributed by atoms with Crippen molar-refractivity contribution in [3.05, 3.63) is 69.9 Å². The average molecular weight is 467 g/mol. The van der Waals surface area contributed by atoms with Gasteiger partial charge in [0.2, 0.25) is 0 Å². The summed E-state index contributed by atoms with van der Waals surface area (Å²) >= 11 is 8.53. The normalized spacial score (nSPS) is 24.0. The van der Waals surface area contributed by atoms with Crippen molar-refractivity contribution < 1.29 is 19.4 Å². The molecule has 0 aromatic heterocycles. The molecule has 148 valence electrons. The SMILES string of the molecule is O=C(NC(=S)N[C@@]1(c2ccc(F)c(Br)c2)C[C@H](O)C[C@H]1CO)c1ccccc1. The number of halogens is 2. The number of nitrogens with one attached hydrogen (secondary N) is 2. The summed E-state index contributed by atoms with van der Waals surface area (Å²) in [7, 11) is 0. The second kappa shape index (κ2) is 8.65. The van der Waals surface area contributed by atoms with Crippen molar-refractivity contribution in [2.24, 2.45) is 5.92 Å². The van der Waals surface area contributed by atoms with Crippen molar-refractivity contribution in [3.63, 3.8) is 0 Å². The number of thiocarbonyl (C=S) groups is 1. The van der Waals surface area contributed by atoms with E-state index in [1.54, 1.807) is 42.5 Å². The third kappa shape index (κ3) is 4.25. The quantitative estimate of drug-likeness (QED) is 0.520. The van der Waals surface area contributed by atoms with E-state index in [2.05, 4.69) is 26.6 Å². The second-order valence-electron chi connectivity index (χ2n) is 6.85. The molecular weight excluding hydrogens is 447 g/mol. The number of aliphatic hydroxyl groups excluding tert-OH is 2. The first-order chi connectivity index (χ1) is 13.4. The van der Waals surface area contributed by atoms with Crippen molar-refractivity contribution in [1.82, 2.24) is 10.6 Å². The number of rotatable bonds is 4. The molecule has 1 saturated carbocycles. The Balaban J connectivity index is 1.88. The van der Waals surface area contributed by atoms with Crippen LogP contribution in [-0.2, 0) is 5.54 Å². The van der Waals surface area contributed by atoms with Crippen LogP contribution in [0, 0.1) is 11.7 Å². The second-order valence-corrected chi connectivity index (χ2v) is 8.11. The van der Waals surface area contributed by atoms with Gasteiger partial charge in [0.1, 0.15) is 5.82 Å². The lowest BCUT2D eigenvalue weighted by Crippen LogP contribution is -2.54. The maximum atomic E-state index is 13.7. The van der Waals surface area contributed by atoms with Crippen LogP contribution in [0.15, 0.2) is 53.0 Å². The fourth-order valence-electron chi connectivity index (χ4n) is 3.73. The number of carbonyl (C=O) groups excluding carboxylic acids is 1. The number of hydrogen-bond acceptors (Lipinski definition) is 4. The fraction of sp³-hybridized carbons (Fsp3) is 0.300. The van der Waals surface area contributed by atoms with Gasteiger partial charge in [0, 0.05) is 24.5 Å². The van der Waals surface area contributed by atoms with E-state index in [1.807, 2.05) is 0 Å². The summed E-state index contributed by atoms with van der Waals surface area (Å²) in [5.74, 6) is -1.16. The molecular formula is C20H20BrFN2O3S. The van der Waals surface area contributed by atoms with E-state index < -0.39 is 17.5 Å². The Hall–Kier alpha value is -1.87. The van der Waals surface area contributed by atoms with Gasteiger partial charge in [0.05, 0.1) is 16.1 Å². The van der Waals surface area contributed by atoms with E-state index in [1.165, 1.54) is 6.07 Å². The van der Waals surface area contributed by atoms with Gasteiger partial charge in [-0.3, -0.25) is 10.1 Å². The highest BCUT2D eigenvalue weighted by Gasteiger charge is 2.48. The number of aliphatic hydroxyl groups is 2. The van der Waals surface area contributed by atoms with E-state index in [0.29, 0.717) is 17.5 Å². The first-order valence-corrected chi connectivity index (χ1v) is 9.99. The highest BCUT2D eigenvalue weighted by molar-refractivity contribution is 9.10. The predicted octanol–water partition coefficient (Wildman–Crippen LogP) is 2.85. The van der Waals surface area contributed by atoms with E-state index in [0.717, 1.165) is 0 Å². The van der Waals surface area contributed by atoms with Crippen LogP contribution in [0.5, 0.6) is 0 Å². The minimum absolute atomic E-state index is 0.0712. The Kier molecular flexibility index (Phi) is 6.44. The molecule has 4 N–H and O–H groups in total. The summed E-state index contributed by atoms with van der Waals surface area (Å²) in [4.78, 5) is 12.4. The molecule has 0 spiro atoms. The topological polar surface area (TPSA) is 81.6 Å². The van der Waals surface area contributed by atoms with Crippen LogP contribution < -0.4 is 10.6 Å². The van der Waals surface area contributed by atoms with E-state index in [-0.39, 0.29) is 34.4 Å². The van der Waals surface area contributed by atoms with Crippen molar-refractivity contribution in [3.8, 4) is 0 Å². The first kappa shape index (κ1) is 20.9. The Bertz CT molecular complexity index is 883. The third-order valence-corrected chi connectivity index (χ3v) is 5.88. The van der Waals surface area contributed by atoms with Gasteiger partial charge in [-0.15, -0.1) is 0 Å². The third-order valence-electron chi connectivity index (χ3n) is 5.07. The van der Waals surface area contributed by atoms with Crippen molar-refractivity contribution in [1.29, 1.82) is 0 Å². The van der Waals surface area contributed by atoms with Crippen LogP contribution in [0.3, 0.4) is 0 Å². The number of benzene rings is 2. The highest BCUT2D eigenvalue weighted by atomic mass is 79.9. The zero-order valence-electron chi connectivity index (χ0n) is 14.9. The molecule has 3 rings (SSSR count). The lowest BCUT2D eigenvalue weighted by atomic mass is 9.80. The summed E-state index contributed by atoms with van der Waals surface area (Å²) < 4.78 is 14.0. The molecule has 3 atom stereocenters. The molecule has 0 aliphatic heterocycles. The van der Waals surface area contributed by atoms with E-state index >= 15 is 0 Å². The van der Waals surface area contributed by atoms with Gasteiger partial charge in [0.15, 0.2) is 5.11 Å². The van der Waals surface area contributed by atoms with Gasteiger partial charge in [-0.25, -0.2) is 4.39 Å². The molecule has 1 aliphatic carbocycles. The van der Waals surface area contributed by atoms with E-state index in [4.69, 9.17) is 12.2 Å². The van der Waals surface area contributed by atoms with Gasteiger partial charge in [-0.2, -0.15) is 0 Å². The minimum Gasteiger partial charge on any atom is -0.396 e. The molecule has 2 aromatic carbocycles. The Labute approximate surface area is 176 Å². The van der Waals surface area contributed by atoms with Crippen LogP contribution in [0.2, 0.25) is 0 Å². The smallest absolute Gasteiger partial charge is 0.257 e.